The molecule has 0 unspecified atom stereocenters. The Hall–Kier alpha value is -3.01. The molecular formula is C22H13Cl2F2N3O3S. The van der Waals surface area contributed by atoms with E-state index < -0.39 is 12.0 Å². The number of furan rings is 1. The predicted octanol–water partition coefficient (Wildman–Crippen LogP) is 6.92. The lowest BCUT2D eigenvalue weighted by molar-refractivity contribution is 0.146. The summed E-state index contributed by atoms with van der Waals surface area (Å²) in [6.07, 6.45) is -2.70. The average molecular weight is 508 g/mol. The van der Waals surface area contributed by atoms with Gasteiger partial charge in [-0.15, -0.1) is 11.3 Å². The van der Waals surface area contributed by atoms with Crippen LogP contribution >= 0.6 is 34.5 Å². The second-order valence-corrected chi connectivity index (χ2v) is 9.01. The Balaban J connectivity index is 1.49. The minimum atomic E-state index is -2.70. The molecule has 0 atom stereocenters. The van der Waals surface area contributed by atoms with Crippen LogP contribution < -0.4 is 10.3 Å². The van der Waals surface area contributed by atoms with Crippen LogP contribution in [0.4, 0.5) is 8.78 Å². The van der Waals surface area contributed by atoms with Gasteiger partial charge in [-0.3, -0.25) is 4.79 Å². The van der Waals surface area contributed by atoms with Gasteiger partial charge in [0, 0.05) is 10.4 Å². The van der Waals surface area contributed by atoms with Crippen molar-refractivity contribution in [1.29, 1.82) is 0 Å². The van der Waals surface area contributed by atoms with Crippen LogP contribution in [0.25, 0.3) is 32.0 Å². The minimum Gasteiger partial charge on any atom is -0.484 e. The number of aromatic nitrogens is 3. The molecular weight excluding hydrogens is 495 g/mol. The molecule has 11 heteroatoms. The fraction of sp³-hybridized carbons (Fsp3) is 0.136. The molecule has 0 amide bonds. The normalized spacial score (nSPS) is 11.7. The molecule has 0 fully saturated rings. The molecule has 0 bridgehead atoms. The molecule has 0 aliphatic carbocycles. The summed E-state index contributed by atoms with van der Waals surface area (Å²) in [5.74, 6) is 1.46. The summed E-state index contributed by atoms with van der Waals surface area (Å²) in [7, 11) is 0. The Morgan fingerprint density at radius 2 is 2.00 bits per heavy atom. The molecule has 1 N–H and O–H groups in total. The fourth-order valence-corrected chi connectivity index (χ4v) is 4.96. The van der Waals surface area contributed by atoms with Crippen LogP contribution in [-0.2, 0) is 6.61 Å². The van der Waals surface area contributed by atoms with Gasteiger partial charge in [0.05, 0.1) is 10.5 Å². The van der Waals surface area contributed by atoms with E-state index in [1.807, 2.05) is 0 Å². The smallest absolute Gasteiger partial charge is 0.280 e. The monoisotopic (exact) mass is 507 g/mol. The van der Waals surface area contributed by atoms with Crippen molar-refractivity contribution in [3.63, 3.8) is 0 Å². The topological polar surface area (TPSA) is 81.0 Å². The highest BCUT2D eigenvalue weighted by molar-refractivity contribution is 7.25. The van der Waals surface area contributed by atoms with Crippen LogP contribution in [0.3, 0.4) is 0 Å². The van der Waals surface area contributed by atoms with Crippen molar-refractivity contribution in [3.05, 3.63) is 73.8 Å². The number of hydrogen-bond donors (Lipinski definition) is 1. The molecule has 5 rings (SSSR count). The third-order valence-corrected chi connectivity index (χ3v) is 6.50. The first-order valence-electron chi connectivity index (χ1n) is 9.59. The number of ether oxygens (including phenoxy) is 1. The number of aryl methyl sites for hydroxylation is 1. The number of alkyl halides is 2. The number of aromatic amines is 1. The minimum absolute atomic E-state index is 0.0919. The SMILES string of the molecule is Cc1cc(C(F)F)nc2sc3c(=O)[nH]c(-c4ccc(COc5ccc(Cl)cc5Cl)o4)nc3c12. The number of nitrogens with zero attached hydrogens (tertiary/aromatic N) is 2. The molecule has 168 valence electrons. The largest absolute Gasteiger partial charge is 0.484 e. The molecule has 0 saturated heterocycles. The van der Waals surface area contributed by atoms with Crippen molar-refractivity contribution in [2.75, 3.05) is 0 Å². The molecule has 5 aromatic rings. The van der Waals surface area contributed by atoms with E-state index in [0.29, 0.717) is 53.3 Å². The third-order valence-electron chi connectivity index (χ3n) is 4.90. The van der Waals surface area contributed by atoms with Crippen molar-refractivity contribution >= 4 is 55.0 Å². The van der Waals surface area contributed by atoms with Crippen LogP contribution in [0.2, 0.25) is 10.0 Å². The van der Waals surface area contributed by atoms with Crippen LogP contribution in [0, 0.1) is 6.92 Å². The molecule has 6 nitrogen and oxygen atoms in total. The lowest BCUT2D eigenvalue weighted by Gasteiger charge is -2.06. The van der Waals surface area contributed by atoms with E-state index in [4.69, 9.17) is 32.4 Å². The number of halogens is 4. The lowest BCUT2D eigenvalue weighted by Crippen LogP contribution is -2.07. The van der Waals surface area contributed by atoms with Crippen LogP contribution in [0.1, 0.15) is 23.4 Å². The standard InChI is InChI=1S/C22H13Cl2F2N3O3S/c1-9-6-13(19(25)26)27-22-16(9)17-18(33-22)21(30)29-20(28-17)15-5-3-11(32-15)8-31-14-4-2-10(23)7-12(14)24/h2-7,19H,8H2,1H3,(H,28,29,30). The van der Waals surface area contributed by atoms with Crippen LogP contribution in [-0.4, -0.2) is 15.0 Å². The van der Waals surface area contributed by atoms with Crippen molar-refractivity contribution in [3.8, 4) is 17.3 Å². The molecule has 0 aliphatic heterocycles. The second-order valence-electron chi connectivity index (χ2n) is 7.17. The van der Waals surface area contributed by atoms with E-state index in [9.17, 15) is 13.6 Å². The van der Waals surface area contributed by atoms with E-state index >= 15 is 0 Å². The molecule has 4 aromatic heterocycles. The third kappa shape index (κ3) is 4.07. The highest BCUT2D eigenvalue weighted by Gasteiger charge is 2.19. The highest BCUT2D eigenvalue weighted by Crippen LogP contribution is 2.35. The fourth-order valence-electron chi connectivity index (χ4n) is 3.41. The van der Waals surface area contributed by atoms with E-state index in [1.165, 1.54) is 6.07 Å². The van der Waals surface area contributed by atoms with Gasteiger partial charge in [0.25, 0.3) is 12.0 Å². The van der Waals surface area contributed by atoms with E-state index in [-0.39, 0.29) is 18.1 Å². The van der Waals surface area contributed by atoms with Gasteiger partial charge in [0.2, 0.25) is 0 Å². The number of thiophene rings is 1. The Labute approximate surface area is 198 Å². The first-order valence-corrected chi connectivity index (χ1v) is 11.2. The van der Waals surface area contributed by atoms with Gasteiger partial charge in [-0.25, -0.2) is 18.7 Å². The van der Waals surface area contributed by atoms with Crippen LogP contribution in [0.5, 0.6) is 5.75 Å². The van der Waals surface area contributed by atoms with Gasteiger partial charge in [-0.05, 0) is 48.9 Å². The van der Waals surface area contributed by atoms with Gasteiger partial charge >= 0.3 is 0 Å². The van der Waals surface area contributed by atoms with E-state index in [1.54, 1.807) is 37.3 Å². The van der Waals surface area contributed by atoms with Crippen molar-refractivity contribution in [2.45, 2.75) is 20.0 Å². The zero-order chi connectivity index (χ0) is 23.3. The van der Waals surface area contributed by atoms with Crippen molar-refractivity contribution < 1.29 is 17.9 Å². The number of pyridine rings is 1. The molecule has 0 saturated carbocycles. The lowest BCUT2D eigenvalue weighted by atomic mass is 10.1. The van der Waals surface area contributed by atoms with E-state index in [0.717, 1.165) is 11.3 Å². The first kappa shape index (κ1) is 21.8. The highest BCUT2D eigenvalue weighted by atomic mass is 35.5. The zero-order valence-electron chi connectivity index (χ0n) is 16.8. The molecule has 0 spiro atoms. The quantitative estimate of drug-likeness (QED) is 0.279. The molecule has 0 radical (unpaired) electrons. The number of nitrogens with one attached hydrogen (secondary N) is 1. The van der Waals surface area contributed by atoms with Gasteiger partial charge < -0.3 is 14.1 Å². The summed E-state index contributed by atoms with van der Waals surface area (Å²) < 4.78 is 38.0. The Bertz CT molecular complexity index is 1580. The summed E-state index contributed by atoms with van der Waals surface area (Å²) in [6, 6.07) is 9.54. The number of rotatable bonds is 5. The number of hydrogen-bond acceptors (Lipinski definition) is 6. The van der Waals surface area contributed by atoms with E-state index in [2.05, 4.69) is 15.0 Å². The van der Waals surface area contributed by atoms with Crippen molar-refractivity contribution in [2.24, 2.45) is 0 Å². The summed E-state index contributed by atoms with van der Waals surface area (Å²) >= 11 is 13.0. The summed E-state index contributed by atoms with van der Waals surface area (Å²) in [5, 5.41) is 1.43. The molecule has 0 aliphatic rings. The van der Waals surface area contributed by atoms with Gasteiger partial charge in [-0.2, -0.15) is 0 Å². The second kappa shape index (κ2) is 8.40. The predicted molar refractivity (Wildman–Crippen MR) is 124 cm³/mol. The Morgan fingerprint density at radius 1 is 1.18 bits per heavy atom. The average Bonchev–Trinajstić information content (AvgIpc) is 3.38. The Kier molecular flexibility index (Phi) is 5.55. The molecule has 1 aromatic carbocycles. The number of H-pyrrole nitrogens is 1. The van der Waals surface area contributed by atoms with Gasteiger partial charge in [0.15, 0.2) is 11.6 Å². The number of benzene rings is 1. The number of fused-ring (bicyclic) bond motifs is 3. The maximum atomic E-state index is 13.1. The zero-order valence-corrected chi connectivity index (χ0v) is 19.1. The summed E-state index contributed by atoms with van der Waals surface area (Å²) in [4.78, 5) is 24.3. The molecule has 4 heterocycles. The maximum absolute atomic E-state index is 13.1. The summed E-state index contributed by atoms with van der Waals surface area (Å²) in [6.45, 7) is 1.78. The Morgan fingerprint density at radius 3 is 2.76 bits per heavy atom. The summed E-state index contributed by atoms with van der Waals surface area (Å²) in [5.41, 5.74) is 0.221. The van der Waals surface area contributed by atoms with Crippen LogP contribution in [0.15, 0.2) is 45.6 Å². The van der Waals surface area contributed by atoms with Gasteiger partial charge in [-0.1, -0.05) is 23.2 Å². The first-order chi connectivity index (χ1) is 15.8. The maximum Gasteiger partial charge on any atom is 0.280 e. The molecule has 33 heavy (non-hydrogen) atoms. The van der Waals surface area contributed by atoms with Crippen molar-refractivity contribution in [1.82, 2.24) is 15.0 Å². The van der Waals surface area contributed by atoms with Gasteiger partial charge in [0.1, 0.15) is 33.3 Å².